The van der Waals surface area contributed by atoms with Crippen LogP contribution in [0.3, 0.4) is 0 Å². The van der Waals surface area contributed by atoms with Crippen LogP contribution in [0.4, 0.5) is 13.2 Å². The van der Waals surface area contributed by atoms with Crippen LogP contribution in [0.1, 0.15) is 21.5 Å². The molecule has 1 aromatic rings. The summed E-state index contributed by atoms with van der Waals surface area (Å²) in [5.41, 5.74) is -2.13. The van der Waals surface area contributed by atoms with E-state index in [-0.39, 0.29) is 0 Å². The maximum absolute atomic E-state index is 12.7. The number of alkyl halides is 3. The summed E-state index contributed by atoms with van der Waals surface area (Å²) in [6, 6.07) is 2.85. The second-order valence-electron chi connectivity index (χ2n) is 3.39. The van der Waals surface area contributed by atoms with Crippen LogP contribution in [0.5, 0.6) is 0 Å². The Kier molecular flexibility index (Phi) is 3.95. The largest absolute Gasteiger partial charge is 0.481 e. The SMILES string of the molecule is COC(=O)c1cccc(C(F)(F)F)c1CC(=O)O. The van der Waals surface area contributed by atoms with E-state index in [1.165, 1.54) is 0 Å². The van der Waals surface area contributed by atoms with Crippen molar-refractivity contribution in [3.05, 3.63) is 34.9 Å². The molecule has 0 aliphatic heterocycles. The van der Waals surface area contributed by atoms with Crippen molar-refractivity contribution in [1.82, 2.24) is 0 Å². The molecule has 0 radical (unpaired) electrons. The van der Waals surface area contributed by atoms with Gasteiger partial charge < -0.3 is 9.84 Å². The number of carbonyl (C=O) groups excluding carboxylic acids is 1. The number of carboxylic acid groups (broad SMARTS) is 1. The first-order valence-electron chi connectivity index (χ1n) is 4.76. The fourth-order valence-corrected chi connectivity index (χ4v) is 1.50. The molecule has 1 rings (SSSR count). The fourth-order valence-electron chi connectivity index (χ4n) is 1.50. The van der Waals surface area contributed by atoms with Crippen LogP contribution in [0.15, 0.2) is 18.2 Å². The molecule has 0 bridgehead atoms. The van der Waals surface area contributed by atoms with E-state index in [0.29, 0.717) is 0 Å². The first kappa shape index (κ1) is 14.0. The highest BCUT2D eigenvalue weighted by molar-refractivity contribution is 5.92. The molecule has 1 aromatic carbocycles. The van der Waals surface area contributed by atoms with Gasteiger partial charge in [0.2, 0.25) is 0 Å². The molecule has 0 aromatic heterocycles. The van der Waals surface area contributed by atoms with Gasteiger partial charge in [-0.25, -0.2) is 4.79 Å². The van der Waals surface area contributed by atoms with Crippen LogP contribution in [0, 0.1) is 0 Å². The highest BCUT2D eigenvalue weighted by atomic mass is 19.4. The van der Waals surface area contributed by atoms with Crippen LogP contribution < -0.4 is 0 Å². The number of benzene rings is 1. The van der Waals surface area contributed by atoms with Crippen LogP contribution in [0.2, 0.25) is 0 Å². The summed E-state index contributed by atoms with van der Waals surface area (Å²) < 4.78 is 42.4. The van der Waals surface area contributed by atoms with Gasteiger partial charge in [-0.05, 0) is 17.7 Å². The number of carboxylic acids is 1. The summed E-state index contributed by atoms with van der Waals surface area (Å²) in [5.74, 6) is -2.46. The highest BCUT2D eigenvalue weighted by Crippen LogP contribution is 2.33. The van der Waals surface area contributed by atoms with Crippen molar-refractivity contribution in [2.75, 3.05) is 7.11 Å². The number of rotatable bonds is 3. The third-order valence-corrected chi connectivity index (χ3v) is 2.21. The molecule has 0 heterocycles. The maximum atomic E-state index is 12.7. The number of hydrogen-bond acceptors (Lipinski definition) is 3. The molecular weight excluding hydrogens is 253 g/mol. The Bertz CT molecular complexity index is 480. The van der Waals surface area contributed by atoms with Gasteiger partial charge in [0.15, 0.2) is 0 Å². The molecule has 0 saturated carbocycles. The first-order chi connectivity index (χ1) is 8.27. The molecule has 0 saturated heterocycles. The molecule has 4 nitrogen and oxygen atoms in total. The monoisotopic (exact) mass is 262 g/mol. The summed E-state index contributed by atoms with van der Waals surface area (Å²) >= 11 is 0. The lowest BCUT2D eigenvalue weighted by Gasteiger charge is -2.14. The minimum Gasteiger partial charge on any atom is -0.481 e. The first-order valence-corrected chi connectivity index (χ1v) is 4.76. The normalized spacial score (nSPS) is 11.1. The molecule has 1 N–H and O–H groups in total. The quantitative estimate of drug-likeness (QED) is 0.847. The second kappa shape index (κ2) is 5.07. The van der Waals surface area contributed by atoms with Gasteiger partial charge in [-0.1, -0.05) is 6.07 Å². The highest BCUT2D eigenvalue weighted by Gasteiger charge is 2.35. The van der Waals surface area contributed by atoms with Crippen molar-refractivity contribution in [2.45, 2.75) is 12.6 Å². The average molecular weight is 262 g/mol. The lowest BCUT2D eigenvalue weighted by atomic mass is 9.98. The number of aliphatic carboxylic acids is 1. The summed E-state index contributed by atoms with van der Waals surface area (Å²) in [4.78, 5) is 21.9. The third-order valence-electron chi connectivity index (χ3n) is 2.21. The van der Waals surface area contributed by atoms with Crippen LogP contribution >= 0.6 is 0 Å². The Morgan fingerprint density at radius 1 is 1.33 bits per heavy atom. The van der Waals surface area contributed by atoms with Crippen molar-refractivity contribution in [2.24, 2.45) is 0 Å². The predicted molar refractivity (Wildman–Crippen MR) is 54.1 cm³/mol. The van der Waals surface area contributed by atoms with E-state index < -0.39 is 41.2 Å². The number of halogens is 3. The second-order valence-corrected chi connectivity index (χ2v) is 3.39. The molecular formula is C11H9F3O4. The molecule has 98 valence electrons. The number of esters is 1. The van der Waals surface area contributed by atoms with Crippen LogP contribution in [0.25, 0.3) is 0 Å². The fraction of sp³-hybridized carbons (Fsp3) is 0.273. The standard InChI is InChI=1S/C11H9F3O4/c1-18-10(17)6-3-2-4-8(11(12,13)14)7(6)5-9(15)16/h2-4H,5H2,1H3,(H,15,16). The summed E-state index contributed by atoms with van der Waals surface area (Å²) in [5, 5.41) is 8.62. The minimum absolute atomic E-state index is 0.394. The molecule has 0 unspecified atom stereocenters. The molecule has 0 aliphatic carbocycles. The molecule has 18 heavy (non-hydrogen) atoms. The Morgan fingerprint density at radius 3 is 2.39 bits per heavy atom. The van der Waals surface area contributed by atoms with Gasteiger partial charge in [0.1, 0.15) is 0 Å². The van der Waals surface area contributed by atoms with Gasteiger partial charge in [0.05, 0.1) is 24.7 Å². The van der Waals surface area contributed by atoms with Gasteiger partial charge in [0.25, 0.3) is 0 Å². The number of ether oxygens (including phenoxy) is 1. The van der Waals surface area contributed by atoms with E-state index in [9.17, 15) is 22.8 Å². The van der Waals surface area contributed by atoms with E-state index in [1.54, 1.807) is 0 Å². The average Bonchev–Trinajstić information content (AvgIpc) is 2.26. The van der Waals surface area contributed by atoms with Crippen molar-refractivity contribution in [3.8, 4) is 0 Å². The van der Waals surface area contributed by atoms with E-state index in [1.807, 2.05) is 0 Å². The summed E-state index contributed by atoms with van der Waals surface area (Å²) in [6.45, 7) is 0. The predicted octanol–water partition coefficient (Wildman–Crippen LogP) is 2.12. The summed E-state index contributed by atoms with van der Waals surface area (Å²) in [7, 11) is 1.01. The zero-order chi connectivity index (χ0) is 13.9. The molecule has 0 fully saturated rings. The van der Waals surface area contributed by atoms with Gasteiger partial charge in [-0.2, -0.15) is 13.2 Å². The van der Waals surface area contributed by atoms with Crippen molar-refractivity contribution < 1.29 is 32.6 Å². The Labute approximate surface area is 100.0 Å². The minimum atomic E-state index is -4.73. The number of hydrogen-bond donors (Lipinski definition) is 1. The Hall–Kier alpha value is -2.05. The number of methoxy groups -OCH3 is 1. The van der Waals surface area contributed by atoms with Crippen molar-refractivity contribution in [3.63, 3.8) is 0 Å². The van der Waals surface area contributed by atoms with Gasteiger partial charge in [-0.15, -0.1) is 0 Å². The van der Waals surface area contributed by atoms with E-state index >= 15 is 0 Å². The van der Waals surface area contributed by atoms with Crippen LogP contribution in [-0.2, 0) is 22.1 Å². The van der Waals surface area contributed by atoms with E-state index in [2.05, 4.69) is 4.74 Å². The topological polar surface area (TPSA) is 63.6 Å². The lowest BCUT2D eigenvalue weighted by Crippen LogP contribution is -2.17. The summed E-state index contributed by atoms with van der Waals surface area (Å²) in [6.07, 6.45) is -5.63. The zero-order valence-electron chi connectivity index (χ0n) is 9.25. The smallest absolute Gasteiger partial charge is 0.416 e. The van der Waals surface area contributed by atoms with Gasteiger partial charge in [0, 0.05) is 0 Å². The molecule has 0 atom stereocenters. The Morgan fingerprint density at radius 2 is 1.94 bits per heavy atom. The van der Waals surface area contributed by atoms with E-state index in [4.69, 9.17) is 5.11 Å². The molecule has 0 aliphatic rings. The van der Waals surface area contributed by atoms with Crippen molar-refractivity contribution in [1.29, 1.82) is 0 Å². The Balaban J connectivity index is 3.44. The van der Waals surface area contributed by atoms with E-state index in [0.717, 1.165) is 25.3 Å². The maximum Gasteiger partial charge on any atom is 0.416 e. The van der Waals surface area contributed by atoms with Gasteiger partial charge >= 0.3 is 18.1 Å². The van der Waals surface area contributed by atoms with Crippen molar-refractivity contribution >= 4 is 11.9 Å². The zero-order valence-corrected chi connectivity index (χ0v) is 9.25. The third kappa shape index (κ3) is 2.99. The lowest BCUT2D eigenvalue weighted by molar-refractivity contribution is -0.139. The van der Waals surface area contributed by atoms with Gasteiger partial charge in [-0.3, -0.25) is 4.79 Å². The number of carbonyl (C=O) groups is 2. The molecule has 0 amide bonds. The molecule has 0 spiro atoms. The van der Waals surface area contributed by atoms with Crippen LogP contribution in [-0.4, -0.2) is 24.2 Å². The molecule has 7 heteroatoms.